The number of nitrogens with zero attached hydrogens (tertiary/aromatic N) is 2. The molecule has 0 bridgehead atoms. The van der Waals surface area contributed by atoms with Crippen molar-refractivity contribution >= 4 is 16.9 Å². The summed E-state index contributed by atoms with van der Waals surface area (Å²) < 4.78 is 48.3. The van der Waals surface area contributed by atoms with Crippen LogP contribution in [0.5, 0.6) is 0 Å². The van der Waals surface area contributed by atoms with Crippen LogP contribution in [0.15, 0.2) is 47.4 Å². The fourth-order valence-electron chi connectivity index (χ4n) is 3.25. The molecule has 0 N–H and O–H groups in total. The highest BCUT2D eigenvalue weighted by Gasteiger charge is 2.38. The topological polar surface area (TPSA) is 51.3 Å². The molecule has 1 aliphatic rings. The van der Waals surface area contributed by atoms with E-state index in [-0.39, 0.29) is 18.2 Å². The summed E-state index contributed by atoms with van der Waals surface area (Å²) in [6, 6.07) is 9.73. The fraction of sp³-hybridized carbons (Fsp3) is 0.200. The van der Waals surface area contributed by atoms with Crippen LogP contribution in [0.3, 0.4) is 0 Å². The first-order valence-corrected chi connectivity index (χ1v) is 8.65. The number of carbonyl (C=O) groups excluding carboxylic acids is 1. The van der Waals surface area contributed by atoms with E-state index in [2.05, 4.69) is 0 Å². The Morgan fingerprint density at radius 1 is 1.18 bits per heavy atom. The normalized spacial score (nSPS) is 15.7. The molecule has 5 nitrogen and oxygen atoms in total. The number of pyridine rings is 1. The maximum atomic E-state index is 14.6. The maximum absolute atomic E-state index is 14.6. The molecule has 3 aromatic rings. The van der Waals surface area contributed by atoms with Crippen LogP contribution in [-0.2, 0) is 4.74 Å². The average molecular weight is 388 g/mol. The molecule has 2 aromatic carbocycles. The predicted octanol–water partition coefficient (Wildman–Crippen LogP) is 3.29. The van der Waals surface area contributed by atoms with Crippen molar-refractivity contribution in [1.82, 2.24) is 4.68 Å². The number of carbonyl (C=O) groups is 1. The van der Waals surface area contributed by atoms with Crippen molar-refractivity contribution in [3.05, 3.63) is 81.4 Å². The van der Waals surface area contributed by atoms with E-state index in [1.807, 2.05) is 30.3 Å². The molecule has 1 saturated heterocycles. The van der Waals surface area contributed by atoms with Gasteiger partial charge >= 0.3 is 5.97 Å². The number of esters is 1. The molecule has 0 amide bonds. The van der Waals surface area contributed by atoms with Gasteiger partial charge < -0.3 is 9.75 Å². The second-order valence-electron chi connectivity index (χ2n) is 6.37. The van der Waals surface area contributed by atoms with Gasteiger partial charge in [-0.2, -0.15) is 0 Å². The van der Waals surface area contributed by atoms with E-state index in [9.17, 15) is 22.8 Å². The molecule has 8 heteroatoms. The zero-order chi connectivity index (χ0) is 20.0. The van der Waals surface area contributed by atoms with E-state index in [1.54, 1.807) is 11.9 Å². The molecule has 0 spiro atoms. The van der Waals surface area contributed by atoms with Crippen LogP contribution in [0.2, 0.25) is 0 Å². The lowest BCUT2D eigenvalue weighted by Gasteiger charge is -2.17. The third-order valence-corrected chi connectivity index (χ3v) is 4.65. The number of rotatable bonds is 4. The van der Waals surface area contributed by atoms with Crippen LogP contribution < -0.4 is 10.4 Å². The molecule has 28 heavy (non-hydrogen) atoms. The lowest BCUT2D eigenvalue weighted by Crippen LogP contribution is -2.26. The Labute approximate surface area is 157 Å². The molecular formula is C20H15F3N2O3. The number of halogens is 3. The molecule has 4 rings (SSSR count). The van der Waals surface area contributed by atoms with Crippen LogP contribution in [0.4, 0.5) is 13.2 Å². The molecule has 0 aliphatic carbocycles. The summed E-state index contributed by atoms with van der Waals surface area (Å²) in [5.74, 6) is -5.57. The van der Waals surface area contributed by atoms with Gasteiger partial charge in [-0.15, -0.1) is 0 Å². The molecule has 1 aromatic heterocycles. The van der Waals surface area contributed by atoms with Crippen LogP contribution in [0.1, 0.15) is 28.9 Å². The minimum atomic E-state index is -1.68. The van der Waals surface area contributed by atoms with Crippen LogP contribution in [0, 0.1) is 17.5 Å². The molecule has 1 unspecified atom stereocenters. The second-order valence-corrected chi connectivity index (χ2v) is 6.37. The number of aromatic nitrogens is 1. The van der Waals surface area contributed by atoms with Crippen LogP contribution in [-0.4, -0.2) is 23.8 Å². The average Bonchev–Trinajstić information content (AvgIpc) is 3.48. The quantitative estimate of drug-likeness (QED) is 0.391. The van der Waals surface area contributed by atoms with Crippen molar-refractivity contribution in [3.63, 3.8) is 0 Å². The SMILES string of the molecule is CCOC(=O)c1cn(N2CC2c2ccccc2)c2c(F)c(F)c(F)cc2c1=O. The Balaban J connectivity index is 1.94. The van der Waals surface area contributed by atoms with Crippen molar-refractivity contribution in [2.24, 2.45) is 0 Å². The number of hydrogen-bond acceptors (Lipinski definition) is 4. The molecule has 2 heterocycles. The van der Waals surface area contributed by atoms with Crippen molar-refractivity contribution in [2.75, 3.05) is 18.2 Å². The minimum absolute atomic E-state index is 0.0266. The molecule has 0 radical (unpaired) electrons. The van der Waals surface area contributed by atoms with Crippen molar-refractivity contribution in [2.45, 2.75) is 13.0 Å². The Bertz CT molecular complexity index is 1150. The number of fused-ring (bicyclic) bond motifs is 1. The van der Waals surface area contributed by atoms with E-state index in [0.29, 0.717) is 12.6 Å². The summed E-state index contributed by atoms with van der Waals surface area (Å²) in [5.41, 5.74) is -0.788. The van der Waals surface area contributed by atoms with Crippen LogP contribution >= 0.6 is 0 Å². The molecule has 1 aliphatic heterocycles. The summed E-state index contributed by atoms with van der Waals surface area (Å²) in [7, 11) is 0. The second kappa shape index (κ2) is 6.70. The summed E-state index contributed by atoms with van der Waals surface area (Å²) in [6.07, 6.45) is 1.12. The molecule has 1 fully saturated rings. The maximum Gasteiger partial charge on any atom is 0.343 e. The van der Waals surface area contributed by atoms with Gasteiger partial charge in [0.15, 0.2) is 17.5 Å². The third-order valence-electron chi connectivity index (χ3n) is 4.65. The Hall–Kier alpha value is -3.29. The number of ether oxygens (including phenoxy) is 1. The monoisotopic (exact) mass is 388 g/mol. The fourth-order valence-corrected chi connectivity index (χ4v) is 3.25. The van der Waals surface area contributed by atoms with E-state index in [1.165, 1.54) is 4.68 Å². The van der Waals surface area contributed by atoms with Crippen LogP contribution in [0.25, 0.3) is 10.9 Å². The van der Waals surface area contributed by atoms with Gasteiger partial charge in [-0.3, -0.25) is 9.47 Å². The van der Waals surface area contributed by atoms with Gasteiger partial charge in [0.05, 0.1) is 24.6 Å². The predicted molar refractivity (Wildman–Crippen MR) is 96.3 cm³/mol. The van der Waals surface area contributed by atoms with Gasteiger partial charge in [-0.05, 0) is 18.6 Å². The standard InChI is InChI=1S/C20H15F3N2O3/c1-2-28-20(27)13-9-25(24-10-15(24)11-6-4-3-5-7-11)18-12(19(13)26)8-14(21)16(22)17(18)23/h3-9,15H,2,10H2,1H3. The number of hydrogen-bond donors (Lipinski definition) is 0. The Morgan fingerprint density at radius 3 is 2.57 bits per heavy atom. The van der Waals surface area contributed by atoms with Crippen molar-refractivity contribution in [3.8, 4) is 0 Å². The lowest BCUT2D eigenvalue weighted by atomic mass is 10.1. The highest BCUT2D eigenvalue weighted by Crippen LogP contribution is 2.35. The van der Waals surface area contributed by atoms with E-state index >= 15 is 0 Å². The van der Waals surface area contributed by atoms with E-state index < -0.39 is 39.8 Å². The summed E-state index contributed by atoms with van der Waals surface area (Å²) >= 11 is 0. The first-order chi connectivity index (χ1) is 13.4. The highest BCUT2D eigenvalue weighted by atomic mass is 19.2. The van der Waals surface area contributed by atoms with E-state index in [0.717, 1.165) is 11.8 Å². The third kappa shape index (κ3) is 2.81. The molecule has 144 valence electrons. The van der Waals surface area contributed by atoms with Gasteiger partial charge in [-0.1, -0.05) is 30.3 Å². The van der Waals surface area contributed by atoms with E-state index in [4.69, 9.17) is 4.74 Å². The first kappa shape index (κ1) is 18.1. The minimum Gasteiger partial charge on any atom is -0.462 e. The molecular weight excluding hydrogens is 373 g/mol. The largest absolute Gasteiger partial charge is 0.462 e. The van der Waals surface area contributed by atoms with Crippen molar-refractivity contribution in [1.29, 1.82) is 0 Å². The first-order valence-electron chi connectivity index (χ1n) is 8.65. The van der Waals surface area contributed by atoms with Gasteiger partial charge in [0.2, 0.25) is 5.43 Å². The molecule has 1 atom stereocenters. The van der Waals surface area contributed by atoms with Crippen molar-refractivity contribution < 1.29 is 22.7 Å². The lowest BCUT2D eigenvalue weighted by molar-refractivity contribution is 0.0524. The van der Waals surface area contributed by atoms with Gasteiger partial charge in [0.25, 0.3) is 0 Å². The van der Waals surface area contributed by atoms with Gasteiger partial charge in [0.1, 0.15) is 11.1 Å². The highest BCUT2D eigenvalue weighted by molar-refractivity contribution is 5.94. The van der Waals surface area contributed by atoms with Gasteiger partial charge in [-0.25, -0.2) is 18.0 Å². The van der Waals surface area contributed by atoms with Gasteiger partial charge in [0, 0.05) is 6.20 Å². The zero-order valence-corrected chi connectivity index (χ0v) is 14.8. The molecule has 0 saturated carbocycles. The zero-order valence-electron chi connectivity index (χ0n) is 14.8. The summed E-state index contributed by atoms with van der Waals surface area (Å²) in [6.45, 7) is 2.05. The Morgan fingerprint density at radius 2 is 1.89 bits per heavy atom. The smallest absolute Gasteiger partial charge is 0.343 e. The Kier molecular flexibility index (Phi) is 4.33. The summed E-state index contributed by atoms with van der Waals surface area (Å²) in [5, 5.41) is 1.21. The number of benzene rings is 2. The summed E-state index contributed by atoms with van der Waals surface area (Å²) in [4.78, 5) is 24.8.